The van der Waals surface area contributed by atoms with Gasteiger partial charge in [0.1, 0.15) is 0 Å². The number of hydrogen-bond acceptors (Lipinski definition) is 6. The Kier molecular flexibility index (Phi) is 5.07. The molecule has 0 aromatic heterocycles. The molecule has 0 aromatic carbocycles. The summed E-state index contributed by atoms with van der Waals surface area (Å²) < 4.78 is 1.38. The molecule has 3 aliphatic heterocycles. The van der Waals surface area contributed by atoms with Gasteiger partial charge in [0.15, 0.2) is 12.0 Å². The van der Waals surface area contributed by atoms with Crippen molar-refractivity contribution in [2.24, 2.45) is 5.92 Å². The molecule has 0 aliphatic carbocycles. The number of amides is 1. The second-order valence-electron chi connectivity index (χ2n) is 7.25. The molecule has 0 spiro atoms. The number of carbonyl (C=O) groups excluding carboxylic acids is 1. The number of fused-ring (bicyclic) bond motifs is 1. The van der Waals surface area contributed by atoms with Gasteiger partial charge in [-0.1, -0.05) is 0 Å². The van der Waals surface area contributed by atoms with Gasteiger partial charge in [0.25, 0.3) is 5.71 Å². The van der Waals surface area contributed by atoms with E-state index in [1.54, 1.807) is 18.7 Å². The van der Waals surface area contributed by atoms with Crippen LogP contribution in [0, 0.1) is 5.92 Å². The molecule has 3 rings (SSSR count). The molecule has 0 radical (unpaired) electrons. The summed E-state index contributed by atoms with van der Waals surface area (Å²) in [6.07, 6.45) is 2.16. The highest BCUT2D eigenvalue weighted by Crippen LogP contribution is 2.38. The highest BCUT2D eigenvalue weighted by Gasteiger charge is 2.64. The average Bonchev–Trinajstić information content (AvgIpc) is 2.85. The van der Waals surface area contributed by atoms with Gasteiger partial charge in [0, 0.05) is 30.8 Å². The number of rotatable bonds is 4. The number of carbonyl (C=O) groups is 2. The fraction of sp³-hybridized carbons (Fsp3) is 0.706. The van der Waals surface area contributed by atoms with Gasteiger partial charge in [-0.15, -0.1) is 0 Å². The second-order valence-corrected chi connectivity index (χ2v) is 8.16. The number of aliphatic hydroxyl groups excluding tert-OH is 1. The third-order valence-electron chi connectivity index (χ3n) is 5.57. The lowest BCUT2D eigenvalue weighted by molar-refractivity contribution is -0.544. The number of thioether (sulfide) groups is 1. The molecule has 25 heavy (non-hydrogen) atoms. The van der Waals surface area contributed by atoms with Crippen molar-refractivity contribution in [3.63, 3.8) is 0 Å². The fourth-order valence-corrected chi connectivity index (χ4v) is 5.19. The molecule has 0 unspecified atom stereocenters. The minimum absolute atomic E-state index is 0.118. The molecule has 7 nitrogen and oxygen atoms in total. The number of hydrogen-bond donors (Lipinski definition) is 2. The van der Waals surface area contributed by atoms with Crippen LogP contribution in [0.5, 0.6) is 0 Å². The van der Waals surface area contributed by atoms with E-state index in [1.807, 2.05) is 14.1 Å². The quantitative estimate of drug-likeness (QED) is 0.520. The second kappa shape index (κ2) is 6.83. The van der Waals surface area contributed by atoms with Gasteiger partial charge in [-0.25, -0.2) is 9.59 Å². The summed E-state index contributed by atoms with van der Waals surface area (Å²) in [6, 6.07) is -0.222. The van der Waals surface area contributed by atoms with Gasteiger partial charge in [-0.3, -0.25) is 9.80 Å². The first-order valence-corrected chi connectivity index (χ1v) is 9.89. The number of nitrogens with zero attached hydrogens (tertiary/aromatic N) is 3. The Labute approximate surface area is 152 Å². The van der Waals surface area contributed by atoms with Crippen LogP contribution in [0.1, 0.15) is 13.3 Å². The molecule has 2 N–H and O–H groups in total. The third-order valence-corrected chi connectivity index (χ3v) is 6.20. The number of carboxylic acids is 1. The van der Waals surface area contributed by atoms with Crippen LogP contribution in [-0.2, 0) is 9.59 Å². The molecule has 0 saturated carbocycles. The van der Waals surface area contributed by atoms with Crippen LogP contribution >= 0.6 is 11.8 Å². The smallest absolute Gasteiger partial charge is 0.401 e. The first kappa shape index (κ1) is 18.6. The zero-order chi connectivity index (χ0) is 18.5. The minimum atomic E-state index is -1.06. The van der Waals surface area contributed by atoms with Crippen molar-refractivity contribution in [1.82, 2.24) is 9.80 Å². The summed E-state index contributed by atoms with van der Waals surface area (Å²) in [7, 11) is 4.09. The predicted molar refractivity (Wildman–Crippen MR) is 95.9 cm³/mol. The van der Waals surface area contributed by atoms with Crippen molar-refractivity contribution in [3.05, 3.63) is 11.1 Å². The molecule has 138 valence electrons. The Hall–Kier alpha value is -1.22. The molecular weight excluding hydrogens is 342 g/mol. The number of likely N-dealkylation sites (N-methyl/N-ethyl adjacent to an activating group) is 2. The van der Waals surface area contributed by atoms with E-state index in [2.05, 4.69) is 16.1 Å². The molecule has 2 fully saturated rings. The average molecular weight is 368 g/mol. The molecule has 3 atom stereocenters. The molecule has 0 aromatic rings. The lowest BCUT2D eigenvalue weighted by Gasteiger charge is -2.41. The highest BCUT2D eigenvalue weighted by molar-refractivity contribution is 7.98. The Balaban J connectivity index is 1.95. The van der Waals surface area contributed by atoms with E-state index in [4.69, 9.17) is 0 Å². The van der Waals surface area contributed by atoms with E-state index in [1.165, 1.54) is 4.58 Å². The normalized spacial score (nSPS) is 32.0. The molecule has 8 heteroatoms. The van der Waals surface area contributed by atoms with Gasteiger partial charge in [0.2, 0.25) is 0 Å². The molecule has 1 amide bonds. The Morgan fingerprint density at radius 1 is 1.36 bits per heavy atom. The standard InChI is InChI=1S/C17H25N3O4S/c1-9(21)14-12-5-11(15(17(23)24)20(12)16(14)22)10-6-18(2)13(8-25-4)19(3)7-10/h9,12-14,21H,5-8H2,1-4H3/p+1/t9-,12-,13?,14-/m1/s1. The highest BCUT2D eigenvalue weighted by atomic mass is 32.2. The lowest BCUT2D eigenvalue weighted by atomic mass is 9.83. The summed E-state index contributed by atoms with van der Waals surface area (Å²) >= 11 is 1.79. The maximum atomic E-state index is 12.3. The first-order valence-electron chi connectivity index (χ1n) is 8.50. The minimum Gasteiger partial charge on any atom is -0.473 e. The van der Waals surface area contributed by atoms with Crippen LogP contribution in [0.15, 0.2) is 11.1 Å². The van der Waals surface area contributed by atoms with E-state index in [0.29, 0.717) is 25.7 Å². The topological polar surface area (TPSA) is 84.1 Å². The predicted octanol–water partition coefficient (Wildman–Crippen LogP) is -0.303. The fourth-order valence-electron chi connectivity index (χ4n) is 4.38. The van der Waals surface area contributed by atoms with Crippen LogP contribution in [-0.4, -0.2) is 99.7 Å². The maximum absolute atomic E-state index is 12.3. The van der Waals surface area contributed by atoms with Crippen molar-refractivity contribution in [2.45, 2.75) is 31.7 Å². The zero-order valence-electron chi connectivity index (χ0n) is 15.1. The molecule has 3 heterocycles. The number of carboxylic acid groups (broad SMARTS) is 1. The van der Waals surface area contributed by atoms with Crippen molar-refractivity contribution in [1.29, 1.82) is 0 Å². The van der Waals surface area contributed by atoms with Gasteiger partial charge in [-0.2, -0.15) is 16.3 Å². The van der Waals surface area contributed by atoms with Crippen LogP contribution in [0.25, 0.3) is 0 Å². The van der Waals surface area contributed by atoms with Crippen molar-refractivity contribution in [2.75, 3.05) is 39.2 Å². The number of aliphatic carboxylic acids is 1. The summed E-state index contributed by atoms with van der Waals surface area (Å²) in [4.78, 5) is 28.6. The van der Waals surface area contributed by atoms with Gasteiger partial charge in [0.05, 0.1) is 12.3 Å². The Bertz CT molecular complexity index is 659. The molecule has 3 aliphatic rings. The SMILES string of the molecule is CSCC1N(C)CC(=C2C[C@@H]3[C@@H]([C@@H](C)O)C(=O)[N+]3=C2C(=O)O)CN1C. The lowest BCUT2D eigenvalue weighted by Crippen LogP contribution is -2.58. The van der Waals surface area contributed by atoms with E-state index >= 15 is 0 Å². The van der Waals surface area contributed by atoms with Gasteiger partial charge < -0.3 is 10.2 Å². The van der Waals surface area contributed by atoms with Gasteiger partial charge >= 0.3 is 11.9 Å². The maximum Gasteiger partial charge on any atom is 0.401 e. The van der Waals surface area contributed by atoms with Crippen molar-refractivity contribution < 1.29 is 24.4 Å². The summed E-state index contributed by atoms with van der Waals surface area (Å²) in [5, 5.41) is 19.5. The van der Waals surface area contributed by atoms with Crippen molar-refractivity contribution in [3.8, 4) is 0 Å². The molecule has 0 bridgehead atoms. The van der Waals surface area contributed by atoms with Crippen LogP contribution in [0.2, 0.25) is 0 Å². The summed E-state index contributed by atoms with van der Waals surface area (Å²) in [5.74, 6) is -0.830. The Morgan fingerprint density at radius 3 is 2.44 bits per heavy atom. The van der Waals surface area contributed by atoms with E-state index in [9.17, 15) is 19.8 Å². The van der Waals surface area contributed by atoms with Crippen molar-refractivity contribution >= 4 is 29.4 Å². The molecule has 2 saturated heterocycles. The zero-order valence-corrected chi connectivity index (χ0v) is 15.9. The van der Waals surface area contributed by atoms with Crippen LogP contribution in [0.4, 0.5) is 0 Å². The molecular formula is C17H26N3O4S+. The van der Waals surface area contributed by atoms with E-state index < -0.39 is 18.0 Å². The number of aliphatic hydroxyl groups is 1. The van der Waals surface area contributed by atoms with Gasteiger partial charge in [-0.05, 0) is 32.8 Å². The van der Waals surface area contributed by atoms with E-state index in [0.717, 1.165) is 16.9 Å². The summed E-state index contributed by atoms with van der Waals surface area (Å²) in [6.45, 7) is 3.01. The Morgan fingerprint density at radius 2 is 1.96 bits per heavy atom. The largest absolute Gasteiger partial charge is 0.473 e. The van der Waals surface area contributed by atoms with E-state index in [-0.39, 0.29) is 17.7 Å². The third kappa shape index (κ3) is 2.95. The monoisotopic (exact) mass is 368 g/mol. The first-order chi connectivity index (χ1) is 11.8. The number of β-lactam (4-membered cyclic amide) rings is 1. The van der Waals surface area contributed by atoms with Crippen LogP contribution in [0.3, 0.4) is 0 Å². The summed E-state index contributed by atoms with van der Waals surface area (Å²) in [5.41, 5.74) is 1.95. The van der Waals surface area contributed by atoms with Crippen LogP contribution < -0.4 is 0 Å².